The predicted octanol–water partition coefficient (Wildman–Crippen LogP) is 5.81. The van der Waals surface area contributed by atoms with Crippen LogP contribution in [0.1, 0.15) is 56.2 Å². The van der Waals surface area contributed by atoms with Crippen LogP contribution in [-0.2, 0) is 27.7 Å². The van der Waals surface area contributed by atoms with Crippen molar-refractivity contribution in [3.05, 3.63) is 64.2 Å². The van der Waals surface area contributed by atoms with E-state index in [1.165, 1.54) is 23.5 Å². The van der Waals surface area contributed by atoms with Crippen LogP contribution in [0.4, 0.5) is 20.0 Å². The minimum Gasteiger partial charge on any atom is -0.444 e. The van der Waals surface area contributed by atoms with Gasteiger partial charge in [-0.25, -0.2) is 22.6 Å². The average Bonchev–Trinajstić information content (AvgIpc) is 3.54. The molecule has 2 aromatic carbocycles. The van der Waals surface area contributed by atoms with Crippen molar-refractivity contribution in [3.63, 3.8) is 0 Å². The van der Waals surface area contributed by atoms with Gasteiger partial charge in [0.25, 0.3) is 10.0 Å². The molecule has 1 aromatic heterocycles. The van der Waals surface area contributed by atoms with Crippen LogP contribution in [0.2, 0.25) is 5.02 Å². The Labute approximate surface area is 242 Å². The standard InChI is InChI=1S/C27H31ClFN5O4S2/c1-27(2,3)38-26(35)33-9-6-17(7-10-33)18-4-5-23-19(12-18)8-11-34(23)15-20-13-22(29)24(14-21(20)28)40(36,37)32-25-30-16-31-39-25/h4-5,12-14,16-17H,6-11,15H2,1-3H3,(H,30,31,32). The number of sulfonamides is 1. The van der Waals surface area contributed by atoms with Crippen molar-refractivity contribution >= 4 is 50.1 Å². The first-order valence-electron chi connectivity index (χ1n) is 13.0. The van der Waals surface area contributed by atoms with Crippen LogP contribution in [-0.4, -0.2) is 54.0 Å². The van der Waals surface area contributed by atoms with Crippen LogP contribution >= 0.6 is 23.1 Å². The molecule has 2 aliphatic rings. The molecule has 0 saturated carbocycles. The zero-order valence-corrected chi connectivity index (χ0v) is 24.9. The van der Waals surface area contributed by atoms with Crippen LogP contribution in [0.5, 0.6) is 0 Å². The molecule has 3 heterocycles. The summed E-state index contributed by atoms with van der Waals surface area (Å²) >= 11 is 7.29. The molecule has 5 rings (SSSR count). The lowest BCUT2D eigenvalue weighted by Gasteiger charge is -2.33. The molecule has 1 fully saturated rings. The Morgan fingerprint density at radius 3 is 2.62 bits per heavy atom. The number of aromatic nitrogens is 2. The maximum Gasteiger partial charge on any atom is 0.410 e. The number of benzene rings is 2. The molecule has 9 nitrogen and oxygen atoms in total. The van der Waals surface area contributed by atoms with Gasteiger partial charge in [-0.05, 0) is 80.8 Å². The molecule has 2 aliphatic heterocycles. The van der Waals surface area contributed by atoms with Gasteiger partial charge in [0.05, 0.1) is 0 Å². The van der Waals surface area contributed by atoms with E-state index >= 15 is 0 Å². The van der Waals surface area contributed by atoms with Gasteiger partial charge in [-0.15, -0.1) is 0 Å². The van der Waals surface area contributed by atoms with Gasteiger partial charge in [0.15, 0.2) is 0 Å². The van der Waals surface area contributed by atoms with E-state index < -0.39 is 26.3 Å². The highest BCUT2D eigenvalue weighted by molar-refractivity contribution is 7.93. The number of nitrogens with zero attached hydrogens (tertiary/aromatic N) is 4. The molecule has 1 saturated heterocycles. The number of nitrogens with one attached hydrogen (secondary N) is 1. The van der Waals surface area contributed by atoms with Crippen LogP contribution in [0, 0.1) is 5.82 Å². The molecule has 214 valence electrons. The number of halogens is 2. The molecular weight excluding hydrogens is 577 g/mol. The van der Waals surface area contributed by atoms with Crippen molar-refractivity contribution in [2.45, 2.75) is 63.0 Å². The number of anilines is 2. The summed E-state index contributed by atoms with van der Waals surface area (Å²) < 4.78 is 51.8. The Kier molecular flexibility index (Phi) is 7.95. The fraction of sp³-hybridized carbons (Fsp3) is 0.444. The number of carbonyl (C=O) groups is 1. The number of likely N-dealkylation sites (tertiary alicyclic amines) is 1. The topological polar surface area (TPSA) is 105 Å². The number of hydrogen-bond donors (Lipinski definition) is 1. The van der Waals surface area contributed by atoms with Gasteiger partial charge in [0.1, 0.15) is 22.6 Å². The second-order valence-corrected chi connectivity index (χ2v) is 13.9. The first-order chi connectivity index (χ1) is 18.9. The zero-order valence-electron chi connectivity index (χ0n) is 22.5. The van der Waals surface area contributed by atoms with E-state index in [-0.39, 0.29) is 16.2 Å². The summed E-state index contributed by atoms with van der Waals surface area (Å²) in [4.78, 5) is 19.5. The van der Waals surface area contributed by atoms with Gasteiger partial charge in [0.2, 0.25) is 5.13 Å². The second kappa shape index (κ2) is 11.1. The van der Waals surface area contributed by atoms with E-state index in [2.05, 4.69) is 37.2 Å². The van der Waals surface area contributed by atoms with Gasteiger partial charge >= 0.3 is 6.09 Å². The summed E-state index contributed by atoms with van der Waals surface area (Å²) in [5.74, 6) is -0.520. The van der Waals surface area contributed by atoms with Crippen molar-refractivity contribution < 1.29 is 22.3 Å². The van der Waals surface area contributed by atoms with Gasteiger partial charge in [-0.2, -0.15) is 4.37 Å². The lowest BCUT2D eigenvalue weighted by atomic mass is 9.88. The molecular formula is C27H31ClFN5O4S2. The maximum absolute atomic E-state index is 15.0. The number of piperidine rings is 1. The third-order valence-electron chi connectivity index (χ3n) is 7.05. The van der Waals surface area contributed by atoms with E-state index in [0.717, 1.165) is 49.1 Å². The molecule has 40 heavy (non-hydrogen) atoms. The zero-order chi connectivity index (χ0) is 28.7. The first kappa shape index (κ1) is 28.6. The molecule has 0 aliphatic carbocycles. The highest BCUT2D eigenvalue weighted by Crippen LogP contribution is 2.36. The molecule has 0 radical (unpaired) electrons. The Morgan fingerprint density at radius 2 is 1.95 bits per heavy atom. The Balaban J connectivity index is 1.25. The summed E-state index contributed by atoms with van der Waals surface area (Å²) in [6.45, 7) is 8.03. The minimum absolute atomic E-state index is 0.0428. The van der Waals surface area contributed by atoms with Crippen molar-refractivity contribution in [1.29, 1.82) is 0 Å². The van der Waals surface area contributed by atoms with Crippen LogP contribution in [0.15, 0.2) is 41.6 Å². The van der Waals surface area contributed by atoms with Gasteiger partial charge in [0, 0.05) is 48.4 Å². The summed E-state index contributed by atoms with van der Waals surface area (Å²) in [5.41, 5.74) is 3.52. The molecule has 0 bridgehead atoms. The Morgan fingerprint density at radius 1 is 1.20 bits per heavy atom. The second-order valence-electron chi connectivity index (χ2n) is 11.0. The minimum atomic E-state index is -4.20. The molecule has 0 unspecified atom stereocenters. The molecule has 13 heteroatoms. The maximum atomic E-state index is 15.0. The van der Waals surface area contributed by atoms with E-state index in [0.29, 0.717) is 31.1 Å². The van der Waals surface area contributed by atoms with E-state index in [4.69, 9.17) is 16.3 Å². The number of hydrogen-bond acceptors (Lipinski definition) is 8. The summed E-state index contributed by atoms with van der Waals surface area (Å²) in [5, 5.41) is 0.210. The normalized spacial score (nSPS) is 16.2. The lowest BCUT2D eigenvalue weighted by Crippen LogP contribution is -2.41. The number of amides is 1. The van der Waals surface area contributed by atoms with E-state index in [1.807, 2.05) is 20.8 Å². The predicted molar refractivity (Wildman–Crippen MR) is 153 cm³/mol. The summed E-state index contributed by atoms with van der Waals surface area (Å²) in [7, 11) is -4.20. The van der Waals surface area contributed by atoms with Crippen LogP contribution in [0.25, 0.3) is 0 Å². The van der Waals surface area contributed by atoms with Crippen molar-refractivity contribution in [1.82, 2.24) is 14.3 Å². The number of ether oxygens (including phenoxy) is 1. The molecule has 3 aromatic rings. The highest BCUT2D eigenvalue weighted by atomic mass is 35.5. The fourth-order valence-corrected chi connectivity index (χ4v) is 7.16. The third kappa shape index (κ3) is 6.34. The average molecular weight is 608 g/mol. The summed E-state index contributed by atoms with van der Waals surface area (Å²) in [6, 6.07) is 8.77. The third-order valence-corrected chi connectivity index (χ3v) is 9.46. The number of fused-ring (bicyclic) bond motifs is 1. The molecule has 1 N–H and O–H groups in total. The first-order valence-corrected chi connectivity index (χ1v) is 15.7. The smallest absolute Gasteiger partial charge is 0.410 e. The van der Waals surface area contributed by atoms with Gasteiger partial charge < -0.3 is 14.5 Å². The number of carbonyl (C=O) groups excluding carboxylic acids is 1. The van der Waals surface area contributed by atoms with Crippen molar-refractivity contribution in [3.8, 4) is 0 Å². The van der Waals surface area contributed by atoms with Crippen LogP contribution in [0.3, 0.4) is 0 Å². The Hall–Kier alpha value is -2.96. The molecule has 0 atom stereocenters. The van der Waals surface area contributed by atoms with E-state index in [9.17, 15) is 17.6 Å². The van der Waals surface area contributed by atoms with Crippen molar-refractivity contribution in [2.24, 2.45) is 0 Å². The SMILES string of the molecule is CC(C)(C)OC(=O)N1CCC(c2ccc3c(c2)CCN3Cc2cc(F)c(S(=O)(=O)Nc3ncns3)cc2Cl)CC1. The molecule has 0 spiro atoms. The summed E-state index contributed by atoms with van der Waals surface area (Å²) in [6.07, 6.45) is 3.54. The molecule has 1 amide bonds. The fourth-order valence-electron chi connectivity index (χ4n) is 5.12. The quantitative estimate of drug-likeness (QED) is 0.377. The highest BCUT2D eigenvalue weighted by Gasteiger charge is 2.29. The largest absolute Gasteiger partial charge is 0.444 e. The Bertz CT molecular complexity index is 1500. The van der Waals surface area contributed by atoms with Gasteiger partial charge in [-0.1, -0.05) is 23.7 Å². The number of rotatable bonds is 6. The lowest BCUT2D eigenvalue weighted by molar-refractivity contribution is 0.0205. The van der Waals surface area contributed by atoms with E-state index in [1.54, 1.807) is 4.90 Å². The monoisotopic (exact) mass is 607 g/mol. The van der Waals surface area contributed by atoms with Crippen LogP contribution < -0.4 is 9.62 Å². The van der Waals surface area contributed by atoms with Crippen molar-refractivity contribution in [2.75, 3.05) is 29.3 Å². The van der Waals surface area contributed by atoms with Gasteiger partial charge in [-0.3, -0.25) is 4.72 Å².